The summed E-state index contributed by atoms with van der Waals surface area (Å²) in [6.07, 6.45) is -3.76. The second kappa shape index (κ2) is 9.53. The second-order valence-corrected chi connectivity index (χ2v) is 7.53. The molecule has 10 heteroatoms. The van der Waals surface area contributed by atoms with Gasteiger partial charge in [-0.25, -0.2) is 4.79 Å². The van der Waals surface area contributed by atoms with E-state index in [4.69, 9.17) is 37.4 Å². The average Bonchev–Trinajstić information content (AvgIpc) is 2.64. The summed E-state index contributed by atoms with van der Waals surface area (Å²) in [5, 5.41) is -0.620. The summed E-state index contributed by atoms with van der Waals surface area (Å²) >= 11 is 11.8. The molecular formula is C19H21Cl2F3O5. The zero-order valence-electron chi connectivity index (χ0n) is 15.9. The van der Waals surface area contributed by atoms with Crippen molar-refractivity contribution in [2.45, 2.75) is 56.9 Å². The van der Waals surface area contributed by atoms with Crippen LogP contribution in [0.1, 0.15) is 43.7 Å². The minimum atomic E-state index is -4.62. The third-order valence-electron chi connectivity index (χ3n) is 4.82. The Hall–Kier alpha value is -1.51. The third-order valence-corrected chi connectivity index (χ3v) is 5.49. The fraction of sp³-hybridized carbons (Fsp3) is 0.579. The van der Waals surface area contributed by atoms with Gasteiger partial charge in [-0.1, -0.05) is 23.2 Å². The van der Waals surface area contributed by atoms with Crippen molar-refractivity contribution in [1.29, 1.82) is 0 Å². The average molecular weight is 457 g/mol. The molecule has 162 valence electrons. The summed E-state index contributed by atoms with van der Waals surface area (Å²) in [4.78, 5) is 25.0. The molecule has 0 spiro atoms. The molecule has 0 saturated heterocycles. The lowest BCUT2D eigenvalue weighted by atomic mass is 9.83. The molecule has 5 nitrogen and oxygen atoms in total. The largest absolute Gasteiger partial charge is 0.463 e. The van der Waals surface area contributed by atoms with E-state index < -0.39 is 35.7 Å². The van der Waals surface area contributed by atoms with E-state index in [9.17, 15) is 22.8 Å². The highest BCUT2D eigenvalue weighted by Gasteiger charge is 2.47. The van der Waals surface area contributed by atoms with Crippen LogP contribution in [0, 0.1) is 0 Å². The summed E-state index contributed by atoms with van der Waals surface area (Å²) in [7, 11) is 1.56. The minimum absolute atomic E-state index is 0.00378. The Balaban J connectivity index is 2.20. The normalized spacial score (nSPS) is 22.2. The molecule has 29 heavy (non-hydrogen) atoms. The van der Waals surface area contributed by atoms with Crippen molar-refractivity contribution in [3.05, 3.63) is 33.3 Å². The van der Waals surface area contributed by atoms with E-state index in [1.807, 2.05) is 0 Å². The van der Waals surface area contributed by atoms with Crippen LogP contribution < -0.4 is 0 Å². The molecule has 0 bridgehead atoms. The first-order valence-electron chi connectivity index (χ1n) is 8.99. The van der Waals surface area contributed by atoms with Gasteiger partial charge in [0, 0.05) is 35.6 Å². The van der Waals surface area contributed by atoms with Crippen LogP contribution in [0.3, 0.4) is 0 Å². The monoisotopic (exact) mass is 456 g/mol. The summed E-state index contributed by atoms with van der Waals surface area (Å²) in [5.41, 5.74) is -2.49. The van der Waals surface area contributed by atoms with Gasteiger partial charge < -0.3 is 14.2 Å². The third kappa shape index (κ3) is 5.77. The summed E-state index contributed by atoms with van der Waals surface area (Å²) in [6, 6.07) is 1.39. The Morgan fingerprint density at radius 2 is 1.72 bits per heavy atom. The number of hydrogen-bond acceptors (Lipinski definition) is 5. The topological polar surface area (TPSA) is 61.8 Å². The number of rotatable bonds is 6. The van der Waals surface area contributed by atoms with Crippen molar-refractivity contribution in [3.8, 4) is 0 Å². The number of methoxy groups -OCH3 is 1. The van der Waals surface area contributed by atoms with Gasteiger partial charge in [0.2, 0.25) is 5.60 Å². The molecule has 0 aromatic heterocycles. The number of benzene rings is 1. The van der Waals surface area contributed by atoms with Gasteiger partial charge in [-0.2, -0.15) is 13.2 Å². The van der Waals surface area contributed by atoms with E-state index in [0.717, 1.165) is 0 Å². The van der Waals surface area contributed by atoms with Crippen LogP contribution in [-0.2, 0) is 36.4 Å². The second-order valence-electron chi connectivity index (χ2n) is 6.72. The Bertz CT molecular complexity index is 736. The molecule has 1 fully saturated rings. The predicted octanol–water partition coefficient (Wildman–Crippen LogP) is 4.99. The van der Waals surface area contributed by atoms with Crippen molar-refractivity contribution in [2.75, 3.05) is 13.7 Å². The molecule has 0 N–H and O–H groups in total. The first kappa shape index (κ1) is 23.8. The number of esters is 2. The first-order chi connectivity index (χ1) is 13.5. The molecule has 0 unspecified atom stereocenters. The highest BCUT2D eigenvalue weighted by atomic mass is 35.5. The standard InChI is InChI=1S/C19H21Cl2F3O5/c1-3-28-17(26)18(6-4-12(27-2)5-7-18)29-16(25)10-13-14(20)8-11(9-15(13)21)19(22,23)24/h8-9,12H,3-7,10H2,1-2H3. The highest BCUT2D eigenvalue weighted by molar-refractivity contribution is 6.36. The van der Waals surface area contributed by atoms with E-state index in [2.05, 4.69) is 0 Å². The summed E-state index contributed by atoms with van der Waals surface area (Å²) in [5.74, 6) is -1.50. The van der Waals surface area contributed by atoms with E-state index in [0.29, 0.717) is 25.0 Å². The van der Waals surface area contributed by atoms with Gasteiger partial charge >= 0.3 is 18.1 Å². The lowest BCUT2D eigenvalue weighted by molar-refractivity contribution is -0.189. The number of alkyl halides is 3. The van der Waals surface area contributed by atoms with Gasteiger partial charge in [0.25, 0.3) is 0 Å². The molecule has 0 atom stereocenters. The fourth-order valence-electron chi connectivity index (χ4n) is 3.24. The SMILES string of the molecule is CCOC(=O)C1(OC(=O)Cc2c(Cl)cc(C(F)(F)F)cc2Cl)CCC(OC)CC1. The maximum absolute atomic E-state index is 12.9. The molecular weight excluding hydrogens is 436 g/mol. The number of hydrogen-bond donors (Lipinski definition) is 0. The van der Waals surface area contributed by atoms with Gasteiger partial charge in [-0.15, -0.1) is 0 Å². The van der Waals surface area contributed by atoms with Crippen molar-refractivity contribution >= 4 is 35.1 Å². The Morgan fingerprint density at radius 3 is 2.17 bits per heavy atom. The van der Waals surface area contributed by atoms with E-state index in [1.54, 1.807) is 14.0 Å². The maximum Gasteiger partial charge on any atom is 0.416 e. The van der Waals surface area contributed by atoms with E-state index >= 15 is 0 Å². The fourth-order valence-corrected chi connectivity index (χ4v) is 3.86. The molecule has 1 aromatic rings. The van der Waals surface area contributed by atoms with Crippen LogP contribution >= 0.6 is 23.2 Å². The first-order valence-corrected chi connectivity index (χ1v) is 9.75. The van der Waals surface area contributed by atoms with Crippen molar-refractivity contribution < 1.29 is 37.0 Å². The predicted molar refractivity (Wildman–Crippen MR) is 99.9 cm³/mol. The molecule has 0 heterocycles. The smallest absolute Gasteiger partial charge is 0.416 e. The summed E-state index contributed by atoms with van der Waals surface area (Å²) in [6.45, 7) is 1.75. The van der Waals surface area contributed by atoms with Crippen molar-refractivity contribution in [1.82, 2.24) is 0 Å². The molecule has 0 aliphatic heterocycles. The van der Waals surface area contributed by atoms with E-state index in [-0.39, 0.29) is 41.2 Å². The Morgan fingerprint density at radius 1 is 1.17 bits per heavy atom. The van der Waals surface area contributed by atoms with Crippen LogP contribution in [0.4, 0.5) is 13.2 Å². The Labute approximate surface area is 176 Å². The maximum atomic E-state index is 12.9. The molecule has 1 saturated carbocycles. The van der Waals surface area contributed by atoms with Gasteiger partial charge in [0.05, 0.1) is 24.7 Å². The lowest BCUT2D eigenvalue weighted by Gasteiger charge is -2.37. The van der Waals surface area contributed by atoms with Gasteiger partial charge in [0.15, 0.2) is 0 Å². The molecule has 2 rings (SSSR count). The van der Waals surface area contributed by atoms with Gasteiger partial charge in [-0.3, -0.25) is 4.79 Å². The van der Waals surface area contributed by atoms with Crippen molar-refractivity contribution in [2.24, 2.45) is 0 Å². The van der Waals surface area contributed by atoms with Crippen LogP contribution in [0.15, 0.2) is 12.1 Å². The van der Waals surface area contributed by atoms with Crippen LogP contribution in [0.25, 0.3) is 0 Å². The number of carbonyl (C=O) groups is 2. The molecule has 0 radical (unpaired) electrons. The van der Waals surface area contributed by atoms with E-state index in [1.165, 1.54) is 0 Å². The molecule has 1 aliphatic carbocycles. The molecule has 0 amide bonds. The van der Waals surface area contributed by atoms with Crippen LogP contribution in [0.5, 0.6) is 0 Å². The quantitative estimate of drug-likeness (QED) is 0.564. The summed E-state index contributed by atoms with van der Waals surface area (Å²) < 4.78 is 54.4. The van der Waals surface area contributed by atoms with Crippen molar-refractivity contribution in [3.63, 3.8) is 0 Å². The Kier molecular flexibility index (Phi) is 7.81. The zero-order chi connectivity index (χ0) is 21.8. The number of ether oxygens (including phenoxy) is 3. The number of carbonyl (C=O) groups excluding carboxylic acids is 2. The van der Waals surface area contributed by atoms with Gasteiger partial charge in [-0.05, 0) is 31.9 Å². The molecule has 1 aromatic carbocycles. The van der Waals surface area contributed by atoms with Crippen LogP contribution in [-0.4, -0.2) is 37.4 Å². The minimum Gasteiger partial charge on any atom is -0.463 e. The highest BCUT2D eigenvalue weighted by Crippen LogP contribution is 2.38. The lowest BCUT2D eigenvalue weighted by Crippen LogP contribution is -2.48. The number of halogens is 5. The van der Waals surface area contributed by atoms with Crippen LogP contribution in [0.2, 0.25) is 10.0 Å². The molecule has 1 aliphatic rings. The zero-order valence-corrected chi connectivity index (χ0v) is 17.4. The van der Waals surface area contributed by atoms with Gasteiger partial charge in [0.1, 0.15) is 0 Å².